The van der Waals surface area contributed by atoms with E-state index in [-0.39, 0.29) is 17.4 Å². The molecule has 0 saturated heterocycles. The number of carbonyl (C=O) groups excluding carboxylic acids is 2. The molecular formula is C20H22N2O4. The van der Waals surface area contributed by atoms with Crippen molar-refractivity contribution in [2.45, 2.75) is 20.8 Å². The molecule has 0 aliphatic heterocycles. The highest BCUT2D eigenvalue weighted by atomic mass is 16.4. The van der Waals surface area contributed by atoms with Gasteiger partial charge in [0, 0.05) is 29.9 Å². The van der Waals surface area contributed by atoms with Gasteiger partial charge in [-0.3, -0.25) is 9.59 Å². The maximum atomic E-state index is 12.4. The summed E-state index contributed by atoms with van der Waals surface area (Å²) < 4.78 is 0. The number of nitrogens with zero attached hydrogens (tertiary/aromatic N) is 1. The molecule has 0 fully saturated rings. The molecule has 0 aromatic heterocycles. The molecular weight excluding hydrogens is 332 g/mol. The third kappa shape index (κ3) is 4.27. The van der Waals surface area contributed by atoms with Crippen LogP contribution in [0.3, 0.4) is 0 Å². The lowest BCUT2D eigenvalue weighted by Gasteiger charge is -2.18. The molecule has 0 atom stereocenters. The van der Waals surface area contributed by atoms with Gasteiger partial charge in [-0.05, 0) is 62.7 Å². The van der Waals surface area contributed by atoms with E-state index in [1.54, 1.807) is 48.2 Å². The summed E-state index contributed by atoms with van der Waals surface area (Å²) in [6, 6.07) is 11.1. The lowest BCUT2D eigenvalue weighted by Crippen LogP contribution is -2.30. The number of hydrogen-bond acceptors (Lipinski definition) is 3. The summed E-state index contributed by atoms with van der Waals surface area (Å²) in [4.78, 5) is 37.5. The minimum atomic E-state index is -1.04. The normalized spacial score (nSPS) is 10.3. The molecule has 26 heavy (non-hydrogen) atoms. The summed E-state index contributed by atoms with van der Waals surface area (Å²) in [6.07, 6.45) is 0. The Morgan fingerprint density at radius 1 is 0.962 bits per heavy atom. The molecule has 0 spiro atoms. The first-order chi connectivity index (χ1) is 12.4. The van der Waals surface area contributed by atoms with Crippen LogP contribution in [0.25, 0.3) is 0 Å². The average molecular weight is 354 g/mol. The molecule has 136 valence electrons. The number of carboxylic acids is 1. The second kappa shape index (κ2) is 8.29. The molecule has 6 heteroatoms. The monoisotopic (exact) mass is 354 g/mol. The molecule has 6 nitrogen and oxygen atoms in total. The molecule has 2 amide bonds. The van der Waals surface area contributed by atoms with Crippen LogP contribution in [0.4, 0.5) is 5.69 Å². The maximum absolute atomic E-state index is 12.4. The van der Waals surface area contributed by atoms with Crippen LogP contribution < -0.4 is 5.32 Å². The SMILES string of the molecule is CCN(CC)C(=O)c1ccc(C(=O)Nc2ccc(C)c(C(=O)O)c2)cc1. The number of aryl methyl sites for hydroxylation is 1. The molecule has 2 aromatic rings. The zero-order valence-corrected chi connectivity index (χ0v) is 15.1. The first-order valence-electron chi connectivity index (χ1n) is 8.42. The van der Waals surface area contributed by atoms with E-state index in [1.165, 1.54) is 6.07 Å². The Balaban J connectivity index is 2.15. The Labute approximate surface area is 152 Å². The van der Waals surface area contributed by atoms with Crippen molar-refractivity contribution in [2.75, 3.05) is 18.4 Å². The largest absolute Gasteiger partial charge is 0.478 e. The van der Waals surface area contributed by atoms with Crippen molar-refractivity contribution in [2.24, 2.45) is 0 Å². The molecule has 0 radical (unpaired) electrons. The second-order valence-electron chi connectivity index (χ2n) is 5.84. The van der Waals surface area contributed by atoms with Crippen LogP contribution in [0, 0.1) is 6.92 Å². The Bertz CT molecular complexity index is 824. The van der Waals surface area contributed by atoms with E-state index in [4.69, 9.17) is 5.11 Å². The number of carboxylic acid groups (broad SMARTS) is 1. The molecule has 0 aliphatic carbocycles. The number of carbonyl (C=O) groups is 3. The minimum absolute atomic E-state index is 0.0772. The molecule has 0 saturated carbocycles. The van der Waals surface area contributed by atoms with E-state index in [1.807, 2.05) is 13.8 Å². The number of amides is 2. The number of benzene rings is 2. The molecule has 2 aromatic carbocycles. The fourth-order valence-corrected chi connectivity index (χ4v) is 2.59. The predicted molar refractivity (Wildman–Crippen MR) is 99.8 cm³/mol. The summed E-state index contributed by atoms with van der Waals surface area (Å²) in [7, 11) is 0. The number of anilines is 1. The van der Waals surface area contributed by atoms with E-state index >= 15 is 0 Å². The van der Waals surface area contributed by atoms with Gasteiger partial charge < -0.3 is 15.3 Å². The quantitative estimate of drug-likeness (QED) is 0.832. The summed E-state index contributed by atoms with van der Waals surface area (Å²) in [5.74, 6) is -1.49. The molecule has 0 aliphatic rings. The lowest BCUT2D eigenvalue weighted by atomic mass is 10.1. The van der Waals surface area contributed by atoms with Crippen molar-refractivity contribution in [3.05, 3.63) is 64.7 Å². The van der Waals surface area contributed by atoms with Gasteiger partial charge in [-0.1, -0.05) is 6.07 Å². The van der Waals surface area contributed by atoms with Crippen LogP contribution in [0.5, 0.6) is 0 Å². The fraction of sp³-hybridized carbons (Fsp3) is 0.250. The number of nitrogens with one attached hydrogen (secondary N) is 1. The molecule has 2 N–H and O–H groups in total. The van der Waals surface area contributed by atoms with Gasteiger partial charge in [0.1, 0.15) is 0 Å². The van der Waals surface area contributed by atoms with E-state index in [9.17, 15) is 14.4 Å². The smallest absolute Gasteiger partial charge is 0.336 e. The maximum Gasteiger partial charge on any atom is 0.336 e. The summed E-state index contributed by atoms with van der Waals surface area (Å²) in [5.41, 5.74) is 2.08. The highest BCUT2D eigenvalue weighted by molar-refractivity contribution is 6.05. The average Bonchev–Trinajstić information content (AvgIpc) is 2.64. The van der Waals surface area contributed by atoms with E-state index in [0.717, 1.165) is 0 Å². The van der Waals surface area contributed by atoms with Crippen LogP contribution in [-0.4, -0.2) is 40.9 Å². The van der Waals surface area contributed by atoms with Crippen molar-refractivity contribution < 1.29 is 19.5 Å². The van der Waals surface area contributed by atoms with Gasteiger partial charge in [0.25, 0.3) is 11.8 Å². The van der Waals surface area contributed by atoms with Crippen LogP contribution in [0.2, 0.25) is 0 Å². The molecule has 2 rings (SSSR count). The minimum Gasteiger partial charge on any atom is -0.478 e. The Kier molecular flexibility index (Phi) is 6.11. The second-order valence-corrected chi connectivity index (χ2v) is 5.84. The van der Waals surface area contributed by atoms with Crippen molar-refractivity contribution >= 4 is 23.5 Å². The van der Waals surface area contributed by atoms with E-state index in [2.05, 4.69) is 5.32 Å². The van der Waals surface area contributed by atoms with Gasteiger partial charge in [0.2, 0.25) is 0 Å². The Morgan fingerprint density at radius 3 is 2.08 bits per heavy atom. The highest BCUT2D eigenvalue weighted by Crippen LogP contribution is 2.17. The number of rotatable bonds is 6. The third-order valence-electron chi connectivity index (χ3n) is 4.17. The van der Waals surface area contributed by atoms with Crippen molar-refractivity contribution in [1.82, 2.24) is 4.90 Å². The summed E-state index contributed by atoms with van der Waals surface area (Å²) in [6.45, 7) is 6.76. The number of aromatic carboxylic acids is 1. The van der Waals surface area contributed by atoms with Gasteiger partial charge in [-0.15, -0.1) is 0 Å². The van der Waals surface area contributed by atoms with Gasteiger partial charge in [0.05, 0.1) is 5.56 Å². The van der Waals surface area contributed by atoms with Crippen molar-refractivity contribution in [3.8, 4) is 0 Å². The van der Waals surface area contributed by atoms with Gasteiger partial charge >= 0.3 is 5.97 Å². The summed E-state index contributed by atoms with van der Waals surface area (Å²) in [5, 5.41) is 11.8. The van der Waals surface area contributed by atoms with Gasteiger partial charge in [-0.25, -0.2) is 4.79 Å². The van der Waals surface area contributed by atoms with Crippen LogP contribution in [0.15, 0.2) is 42.5 Å². The standard InChI is InChI=1S/C20H22N2O4/c1-4-22(5-2)19(24)15-9-7-14(8-10-15)18(23)21-16-11-6-13(3)17(12-16)20(25)26/h6-12H,4-5H2,1-3H3,(H,21,23)(H,25,26). The Morgan fingerprint density at radius 2 is 1.54 bits per heavy atom. The van der Waals surface area contributed by atoms with Crippen LogP contribution in [-0.2, 0) is 0 Å². The van der Waals surface area contributed by atoms with Gasteiger partial charge in [-0.2, -0.15) is 0 Å². The first kappa shape index (κ1) is 19.2. The fourth-order valence-electron chi connectivity index (χ4n) is 2.59. The molecule has 0 unspecified atom stereocenters. The van der Waals surface area contributed by atoms with Crippen LogP contribution >= 0.6 is 0 Å². The van der Waals surface area contributed by atoms with Crippen molar-refractivity contribution in [1.29, 1.82) is 0 Å². The molecule has 0 heterocycles. The van der Waals surface area contributed by atoms with Crippen molar-refractivity contribution in [3.63, 3.8) is 0 Å². The molecule has 0 bridgehead atoms. The zero-order chi connectivity index (χ0) is 19.3. The predicted octanol–water partition coefficient (Wildman–Crippen LogP) is 3.43. The van der Waals surface area contributed by atoms with E-state index in [0.29, 0.717) is 35.5 Å². The zero-order valence-electron chi connectivity index (χ0n) is 15.1. The lowest BCUT2D eigenvalue weighted by molar-refractivity contribution is 0.0694. The number of hydrogen-bond donors (Lipinski definition) is 2. The highest BCUT2D eigenvalue weighted by Gasteiger charge is 2.14. The van der Waals surface area contributed by atoms with Crippen LogP contribution in [0.1, 0.15) is 50.5 Å². The summed E-state index contributed by atoms with van der Waals surface area (Å²) >= 11 is 0. The third-order valence-corrected chi connectivity index (χ3v) is 4.17. The first-order valence-corrected chi connectivity index (χ1v) is 8.42. The van der Waals surface area contributed by atoms with Gasteiger partial charge in [0.15, 0.2) is 0 Å². The van der Waals surface area contributed by atoms with E-state index < -0.39 is 5.97 Å². The Hall–Kier alpha value is -3.15. The topological polar surface area (TPSA) is 86.7 Å².